The SMILES string of the molecule is CN(C)S(=O)(=O)[c-]1cccc1C(O)c1ccccc1.[C-]#[O+].[C-]#[O+].[C-]#[O+].[Mn]. The first kappa shape index (κ1) is 29.0. The number of rotatable bonds is 4. The van der Waals surface area contributed by atoms with E-state index in [9.17, 15) is 13.5 Å². The number of nitrogens with zero attached hydrogens (tertiary/aromatic N) is 1. The van der Waals surface area contributed by atoms with Gasteiger partial charge in [0, 0.05) is 31.2 Å². The van der Waals surface area contributed by atoms with Crippen molar-refractivity contribution in [1.82, 2.24) is 4.31 Å². The summed E-state index contributed by atoms with van der Waals surface area (Å²) in [6, 6.07) is 13.8. The maximum absolute atomic E-state index is 12.2. The molecule has 0 amide bonds. The Balaban J connectivity index is -0.000000686. The summed E-state index contributed by atoms with van der Waals surface area (Å²) in [5, 5.41) is 10.3. The Kier molecular flexibility index (Phi) is 17.2. The van der Waals surface area contributed by atoms with E-state index in [4.69, 9.17) is 14.0 Å². The van der Waals surface area contributed by atoms with Gasteiger partial charge in [-0.05, 0) is 10.5 Å². The summed E-state index contributed by atoms with van der Waals surface area (Å²) in [5.41, 5.74) is 1.07. The van der Waals surface area contributed by atoms with E-state index in [0.717, 1.165) is 4.31 Å². The van der Waals surface area contributed by atoms with Crippen LogP contribution in [0.4, 0.5) is 0 Å². The molecule has 0 spiro atoms. The van der Waals surface area contributed by atoms with Gasteiger partial charge in [-0.25, -0.2) is 24.9 Å². The van der Waals surface area contributed by atoms with Crippen molar-refractivity contribution in [3.05, 3.63) is 79.6 Å². The first-order chi connectivity index (χ1) is 11.9. The van der Waals surface area contributed by atoms with Gasteiger partial charge in [0.1, 0.15) is 0 Å². The van der Waals surface area contributed by atoms with Crippen molar-refractivity contribution in [2.75, 3.05) is 14.1 Å². The van der Waals surface area contributed by atoms with Gasteiger partial charge in [-0.15, -0.1) is 5.56 Å². The van der Waals surface area contributed by atoms with Crippen molar-refractivity contribution in [2.45, 2.75) is 11.0 Å². The minimum absolute atomic E-state index is 0. The molecule has 0 heterocycles. The van der Waals surface area contributed by atoms with Crippen LogP contribution in [0.2, 0.25) is 0 Å². The molecule has 1 atom stereocenters. The van der Waals surface area contributed by atoms with Crippen molar-refractivity contribution in [2.24, 2.45) is 0 Å². The molecule has 9 heteroatoms. The van der Waals surface area contributed by atoms with Crippen LogP contribution in [-0.4, -0.2) is 31.9 Å². The van der Waals surface area contributed by atoms with Crippen LogP contribution in [0.5, 0.6) is 0 Å². The standard InChI is InChI=1S/C14H16NO3S.3CO.Mn/c1-15(2)19(17,18)13-10-6-9-12(13)14(16)11-7-4-3-5-8-11;3*1-2;/h3-10,14,16H,1-2H3;;;;/q-1;;;;. The zero-order chi connectivity index (χ0) is 20.0. The number of aliphatic hydroxyl groups is 1. The molecule has 0 fully saturated rings. The summed E-state index contributed by atoms with van der Waals surface area (Å²) in [4.78, 5) is 0.147. The molecule has 26 heavy (non-hydrogen) atoms. The third-order valence-corrected chi connectivity index (χ3v) is 4.87. The zero-order valence-electron chi connectivity index (χ0n) is 13.9. The molecule has 139 valence electrons. The van der Waals surface area contributed by atoms with E-state index in [1.165, 1.54) is 20.2 Å². The summed E-state index contributed by atoms with van der Waals surface area (Å²) in [6.45, 7) is 13.5. The van der Waals surface area contributed by atoms with E-state index < -0.39 is 16.1 Å². The van der Waals surface area contributed by atoms with Crippen LogP contribution in [0.3, 0.4) is 0 Å². The Labute approximate surface area is 163 Å². The van der Waals surface area contributed by atoms with Gasteiger partial charge in [0.15, 0.2) is 10.0 Å². The zero-order valence-corrected chi connectivity index (χ0v) is 15.9. The third kappa shape index (κ3) is 7.60. The minimum atomic E-state index is -3.54. The Bertz CT molecular complexity index is 764. The normalized spacial score (nSPS) is 10.2. The van der Waals surface area contributed by atoms with Crippen LogP contribution in [0.1, 0.15) is 17.2 Å². The second-order valence-corrected chi connectivity index (χ2v) is 6.57. The van der Waals surface area contributed by atoms with E-state index in [1.54, 1.807) is 24.3 Å². The van der Waals surface area contributed by atoms with Crippen LogP contribution in [-0.2, 0) is 41.0 Å². The van der Waals surface area contributed by atoms with Gasteiger partial charge >= 0.3 is 33.9 Å². The van der Waals surface area contributed by atoms with Crippen molar-refractivity contribution in [1.29, 1.82) is 0 Å². The molecule has 1 radical (unpaired) electrons. The van der Waals surface area contributed by atoms with Crippen LogP contribution in [0.25, 0.3) is 0 Å². The minimum Gasteiger partial charge on any atom is 0 e. The Hall–Kier alpha value is -1.82. The molecule has 0 aliphatic rings. The van der Waals surface area contributed by atoms with Gasteiger partial charge in [0.05, 0.1) is 6.10 Å². The molecule has 0 saturated heterocycles. The molecule has 0 aliphatic heterocycles. The maximum atomic E-state index is 12.2. The number of benzene rings is 1. The average molecular weight is 417 g/mol. The van der Waals surface area contributed by atoms with Gasteiger partial charge in [0.25, 0.3) is 0 Å². The fourth-order valence-corrected chi connectivity index (χ4v) is 3.01. The van der Waals surface area contributed by atoms with E-state index in [0.29, 0.717) is 11.1 Å². The van der Waals surface area contributed by atoms with Crippen LogP contribution in [0.15, 0.2) is 53.4 Å². The third-order valence-electron chi connectivity index (χ3n) is 2.98. The summed E-state index contributed by atoms with van der Waals surface area (Å²) in [5.74, 6) is 0. The second kappa shape index (κ2) is 15.4. The molecule has 1 N–H and O–H groups in total. The fourth-order valence-electron chi connectivity index (χ4n) is 1.89. The molecule has 2 aromatic carbocycles. The van der Waals surface area contributed by atoms with Crippen LogP contribution >= 0.6 is 0 Å². The van der Waals surface area contributed by atoms with Gasteiger partial charge < -0.3 is 5.11 Å². The Morgan fingerprint density at radius 2 is 1.42 bits per heavy atom. The summed E-state index contributed by atoms with van der Waals surface area (Å²) in [7, 11) is -0.597. The first-order valence-electron chi connectivity index (χ1n) is 6.47. The van der Waals surface area contributed by atoms with Crippen molar-refractivity contribution in [3.8, 4) is 0 Å². The van der Waals surface area contributed by atoms with Crippen LogP contribution in [0, 0.1) is 20.0 Å². The van der Waals surface area contributed by atoms with Crippen molar-refractivity contribution in [3.63, 3.8) is 0 Å². The first-order valence-corrected chi connectivity index (χ1v) is 7.91. The Morgan fingerprint density at radius 3 is 1.85 bits per heavy atom. The smallest absolute Gasteiger partial charge is 0 e. The predicted octanol–water partition coefficient (Wildman–Crippen LogP) is 1.62. The van der Waals surface area contributed by atoms with Crippen LogP contribution < -0.4 is 0 Å². The number of aliphatic hydroxyl groups excluding tert-OH is 1. The Morgan fingerprint density at radius 1 is 0.962 bits per heavy atom. The quantitative estimate of drug-likeness (QED) is 0.463. The summed E-state index contributed by atoms with van der Waals surface area (Å²) >= 11 is 0. The number of hydrogen-bond acceptors (Lipinski definition) is 3. The average Bonchev–Trinajstić information content (AvgIpc) is 3.17. The monoisotopic (exact) mass is 417 g/mol. The largest absolute Gasteiger partial charge is 0 e. The van der Waals surface area contributed by atoms with Crippen molar-refractivity contribution >= 4 is 10.0 Å². The fraction of sp³-hybridized carbons (Fsp3) is 0.176. The molecule has 0 bridgehead atoms. The molecule has 0 aromatic heterocycles. The van der Waals surface area contributed by atoms with Gasteiger partial charge in [-0.1, -0.05) is 30.3 Å². The number of sulfonamides is 1. The topological polar surface area (TPSA) is 117 Å². The summed E-state index contributed by atoms with van der Waals surface area (Å²) < 4.78 is 48.0. The molecular formula is C17H16MnNO6S-. The molecule has 2 rings (SSSR count). The molecule has 2 aromatic rings. The summed E-state index contributed by atoms with van der Waals surface area (Å²) in [6.07, 6.45) is -0.944. The molecule has 0 saturated carbocycles. The second-order valence-electron chi connectivity index (χ2n) is 4.45. The van der Waals surface area contributed by atoms with Gasteiger partial charge in [-0.2, -0.15) is 6.07 Å². The van der Waals surface area contributed by atoms with Gasteiger partial charge in [0.2, 0.25) is 0 Å². The van der Waals surface area contributed by atoms with Gasteiger partial charge in [-0.3, -0.25) is 0 Å². The van der Waals surface area contributed by atoms with E-state index >= 15 is 0 Å². The number of hydrogen-bond donors (Lipinski definition) is 1. The molecular weight excluding hydrogens is 401 g/mol. The molecule has 7 nitrogen and oxygen atoms in total. The maximum Gasteiger partial charge on any atom is 0 e. The predicted molar refractivity (Wildman–Crippen MR) is 85.2 cm³/mol. The molecule has 1 unspecified atom stereocenters. The van der Waals surface area contributed by atoms with E-state index in [2.05, 4.69) is 20.0 Å². The molecule has 0 aliphatic carbocycles. The van der Waals surface area contributed by atoms with E-state index in [-0.39, 0.29) is 22.0 Å². The van der Waals surface area contributed by atoms with E-state index in [1.807, 2.05) is 18.2 Å². The van der Waals surface area contributed by atoms with Crippen molar-refractivity contribution < 1.29 is 44.5 Å².